The van der Waals surface area contributed by atoms with Gasteiger partial charge in [-0.15, -0.1) is 0 Å². The summed E-state index contributed by atoms with van der Waals surface area (Å²) < 4.78 is 1.57. The van der Waals surface area contributed by atoms with Crippen LogP contribution in [0.5, 0.6) is 0 Å². The first-order chi connectivity index (χ1) is 9.22. The molecule has 0 aliphatic carbocycles. The van der Waals surface area contributed by atoms with E-state index in [4.69, 9.17) is 0 Å². The molecule has 104 valence electrons. The van der Waals surface area contributed by atoms with Crippen LogP contribution in [0.4, 0.5) is 0 Å². The van der Waals surface area contributed by atoms with Gasteiger partial charge in [0, 0.05) is 38.6 Å². The highest BCUT2D eigenvalue weighted by Gasteiger charge is 2.31. The lowest BCUT2D eigenvalue weighted by Crippen LogP contribution is -2.60. The number of likely N-dealkylation sites (N-methyl/N-ethyl adjacent to an activating group) is 1. The Morgan fingerprint density at radius 1 is 1.53 bits per heavy atom. The number of hydrogen-bond donors (Lipinski definition) is 2. The lowest BCUT2D eigenvalue weighted by atomic mass is 10.1. The van der Waals surface area contributed by atoms with Crippen LogP contribution in [0.15, 0.2) is 18.5 Å². The van der Waals surface area contributed by atoms with Gasteiger partial charge >= 0.3 is 0 Å². The van der Waals surface area contributed by atoms with E-state index >= 15 is 0 Å². The molecule has 1 aromatic rings. The van der Waals surface area contributed by atoms with Crippen LogP contribution in [0.3, 0.4) is 0 Å². The van der Waals surface area contributed by atoms with Crippen molar-refractivity contribution in [2.75, 3.05) is 26.2 Å². The number of nitrogens with zero attached hydrogens (tertiary/aromatic N) is 3. The molecule has 1 unspecified atom stereocenters. The Balaban J connectivity index is 2.02. The fourth-order valence-electron chi connectivity index (χ4n) is 2.15. The average Bonchev–Trinajstić information content (AvgIpc) is 2.92. The largest absolute Gasteiger partial charge is 0.355 e. The molecule has 1 aliphatic rings. The first-order valence-electron chi connectivity index (χ1n) is 6.47. The van der Waals surface area contributed by atoms with E-state index < -0.39 is 6.04 Å². The quantitative estimate of drug-likeness (QED) is 0.718. The van der Waals surface area contributed by atoms with Crippen LogP contribution >= 0.6 is 0 Å². The molecule has 1 atom stereocenters. The number of aromatic nitrogens is 2. The Hall–Kier alpha value is -1.89. The number of nitrogens with one attached hydrogen (secondary N) is 2. The van der Waals surface area contributed by atoms with E-state index in [1.54, 1.807) is 28.0 Å². The van der Waals surface area contributed by atoms with E-state index in [0.29, 0.717) is 26.2 Å². The smallest absolute Gasteiger partial charge is 0.245 e. The summed E-state index contributed by atoms with van der Waals surface area (Å²) in [5.41, 5.74) is 0. The minimum Gasteiger partial charge on any atom is -0.355 e. The third-order valence-corrected chi connectivity index (χ3v) is 3.07. The Morgan fingerprint density at radius 3 is 3.05 bits per heavy atom. The molecule has 1 aliphatic heterocycles. The second kappa shape index (κ2) is 6.33. The molecule has 0 aromatic carbocycles. The number of piperazine rings is 1. The molecule has 2 rings (SSSR count). The molecule has 1 saturated heterocycles. The standard InChI is InChI=1S/C12H19N5O2/c1-2-14-12(19)10-8-13-5-7-17(10)11(18)9-16-6-3-4-15-16/h3-4,6,10,13H,2,5,7-9H2,1H3,(H,14,19). The highest BCUT2D eigenvalue weighted by Crippen LogP contribution is 2.05. The SMILES string of the molecule is CCNC(=O)C1CNCCN1C(=O)Cn1cccn1. The average molecular weight is 265 g/mol. The van der Waals surface area contributed by atoms with Gasteiger partial charge in [0.25, 0.3) is 0 Å². The maximum Gasteiger partial charge on any atom is 0.245 e. The van der Waals surface area contributed by atoms with Crippen LogP contribution in [0.25, 0.3) is 0 Å². The van der Waals surface area contributed by atoms with E-state index in [2.05, 4.69) is 15.7 Å². The van der Waals surface area contributed by atoms with Crippen molar-refractivity contribution >= 4 is 11.8 Å². The number of carbonyl (C=O) groups excluding carboxylic acids is 2. The summed E-state index contributed by atoms with van der Waals surface area (Å²) in [4.78, 5) is 25.8. The fourth-order valence-corrected chi connectivity index (χ4v) is 2.15. The monoisotopic (exact) mass is 265 g/mol. The van der Waals surface area contributed by atoms with Gasteiger partial charge in [-0.2, -0.15) is 5.10 Å². The van der Waals surface area contributed by atoms with Crippen molar-refractivity contribution in [1.29, 1.82) is 0 Å². The zero-order chi connectivity index (χ0) is 13.7. The van der Waals surface area contributed by atoms with Gasteiger partial charge in [0.2, 0.25) is 11.8 Å². The predicted octanol–water partition coefficient (Wildman–Crippen LogP) is -1.18. The van der Waals surface area contributed by atoms with Gasteiger partial charge in [0.15, 0.2) is 0 Å². The Morgan fingerprint density at radius 2 is 2.37 bits per heavy atom. The molecule has 1 aromatic heterocycles. The van der Waals surface area contributed by atoms with Crippen molar-refractivity contribution < 1.29 is 9.59 Å². The van der Waals surface area contributed by atoms with Gasteiger partial charge in [-0.05, 0) is 13.0 Å². The molecular weight excluding hydrogens is 246 g/mol. The van der Waals surface area contributed by atoms with E-state index in [1.807, 2.05) is 6.92 Å². The molecule has 2 heterocycles. The van der Waals surface area contributed by atoms with Crippen molar-refractivity contribution in [3.8, 4) is 0 Å². The van der Waals surface area contributed by atoms with Crippen molar-refractivity contribution in [3.63, 3.8) is 0 Å². The highest BCUT2D eigenvalue weighted by atomic mass is 16.2. The summed E-state index contributed by atoms with van der Waals surface area (Å²) in [6.45, 7) is 4.35. The van der Waals surface area contributed by atoms with Crippen LogP contribution in [-0.2, 0) is 16.1 Å². The lowest BCUT2D eigenvalue weighted by Gasteiger charge is -2.35. The fraction of sp³-hybridized carbons (Fsp3) is 0.583. The van der Waals surface area contributed by atoms with Crippen LogP contribution in [0, 0.1) is 0 Å². The number of carbonyl (C=O) groups is 2. The third-order valence-electron chi connectivity index (χ3n) is 3.07. The summed E-state index contributed by atoms with van der Waals surface area (Å²) in [5.74, 6) is -0.190. The molecule has 0 spiro atoms. The minimum atomic E-state index is -0.434. The second-order valence-electron chi connectivity index (χ2n) is 4.41. The topological polar surface area (TPSA) is 79.3 Å². The van der Waals surface area contributed by atoms with Crippen molar-refractivity contribution in [2.45, 2.75) is 19.5 Å². The summed E-state index contributed by atoms with van der Waals surface area (Å²) in [5, 5.41) is 9.91. The van der Waals surface area contributed by atoms with Gasteiger partial charge in [-0.1, -0.05) is 0 Å². The molecule has 0 bridgehead atoms. The van der Waals surface area contributed by atoms with E-state index in [9.17, 15) is 9.59 Å². The molecule has 0 radical (unpaired) electrons. The van der Waals surface area contributed by atoms with Gasteiger partial charge in [0.1, 0.15) is 12.6 Å². The molecule has 7 heteroatoms. The molecule has 7 nitrogen and oxygen atoms in total. The Labute approximate surface area is 111 Å². The maximum atomic E-state index is 12.2. The summed E-state index contributed by atoms with van der Waals surface area (Å²) in [6, 6.07) is 1.34. The predicted molar refractivity (Wildman–Crippen MR) is 69.3 cm³/mol. The van der Waals surface area contributed by atoms with Gasteiger partial charge in [-0.25, -0.2) is 0 Å². The van der Waals surface area contributed by atoms with Crippen LogP contribution in [0.2, 0.25) is 0 Å². The highest BCUT2D eigenvalue weighted by molar-refractivity contribution is 5.88. The summed E-state index contributed by atoms with van der Waals surface area (Å²) in [6.07, 6.45) is 3.37. The van der Waals surface area contributed by atoms with E-state index in [0.717, 1.165) is 0 Å². The second-order valence-corrected chi connectivity index (χ2v) is 4.41. The van der Waals surface area contributed by atoms with Crippen molar-refractivity contribution in [1.82, 2.24) is 25.3 Å². The van der Waals surface area contributed by atoms with Gasteiger partial charge in [0.05, 0.1) is 0 Å². The van der Waals surface area contributed by atoms with Crippen molar-refractivity contribution in [2.24, 2.45) is 0 Å². The van der Waals surface area contributed by atoms with Crippen LogP contribution in [0.1, 0.15) is 6.92 Å². The molecule has 2 N–H and O–H groups in total. The molecule has 1 fully saturated rings. The molecular formula is C12H19N5O2. The van der Waals surface area contributed by atoms with Gasteiger partial charge in [-0.3, -0.25) is 14.3 Å². The minimum absolute atomic E-state index is 0.0820. The summed E-state index contributed by atoms with van der Waals surface area (Å²) >= 11 is 0. The first kappa shape index (κ1) is 13.5. The zero-order valence-electron chi connectivity index (χ0n) is 11.0. The normalized spacial score (nSPS) is 19.2. The maximum absolute atomic E-state index is 12.2. The Bertz CT molecular complexity index is 431. The van der Waals surface area contributed by atoms with Crippen LogP contribution in [-0.4, -0.2) is 58.7 Å². The number of rotatable bonds is 4. The van der Waals surface area contributed by atoms with Crippen molar-refractivity contribution in [3.05, 3.63) is 18.5 Å². The van der Waals surface area contributed by atoms with Gasteiger partial charge < -0.3 is 15.5 Å². The Kier molecular flexibility index (Phi) is 4.51. The molecule has 19 heavy (non-hydrogen) atoms. The van der Waals surface area contributed by atoms with Crippen LogP contribution < -0.4 is 10.6 Å². The van der Waals surface area contributed by atoms with E-state index in [1.165, 1.54) is 0 Å². The molecule has 2 amide bonds. The zero-order valence-corrected chi connectivity index (χ0v) is 11.0. The first-order valence-corrected chi connectivity index (χ1v) is 6.47. The lowest BCUT2D eigenvalue weighted by molar-refractivity contribution is -0.142. The summed E-state index contributed by atoms with van der Waals surface area (Å²) in [7, 11) is 0. The number of amides is 2. The third kappa shape index (κ3) is 3.31. The van der Waals surface area contributed by atoms with E-state index in [-0.39, 0.29) is 18.4 Å². The number of hydrogen-bond acceptors (Lipinski definition) is 4. The molecule has 0 saturated carbocycles.